The molecule has 9 nitrogen and oxygen atoms in total. The summed E-state index contributed by atoms with van der Waals surface area (Å²) in [6.45, 7) is 13.1. The Bertz CT molecular complexity index is 642. The zero-order valence-electron chi connectivity index (χ0n) is 19.3. The molecule has 0 aromatic carbocycles. The molecule has 0 saturated carbocycles. The number of hydrogen-bond donors (Lipinski definition) is 3. The van der Waals surface area contributed by atoms with Crippen LogP contribution in [0.25, 0.3) is 0 Å². The maximum Gasteiger partial charge on any atom is 0.408 e. The Hall–Kier alpha value is -2.32. The van der Waals surface area contributed by atoms with Crippen molar-refractivity contribution in [3.05, 3.63) is 0 Å². The number of nitrogens with two attached hydrogens (primary N) is 1. The van der Waals surface area contributed by atoms with Crippen LogP contribution in [0.4, 0.5) is 4.79 Å². The first kappa shape index (κ1) is 25.7. The van der Waals surface area contributed by atoms with E-state index >= 15 is 0 Å². The molecule has 0 radical (unpaired) electrons. The first-order valence-corrected chi connectivity index (χ1v) is 10.6. The number of nitrogens with zero attached hydrogens (tertiary/aromatic N) is 1. The molecule has 0 spiro atoms. The van der Waals surface area contributed by atoms with Crippen LogP contribution in [0.3, 0.4) is 0 Å². The van der Waals surface area contributed by atoms with Gasteiger partial charge in [0.1, 0.15) is 23.7 Å². The molecule has 1 saturated heterocycles. The van der Waals surface area contributed by atoms with E-state index in [1.807, 2.05) is 13.8 Å². The van der Waals surface area contributed by atoms with Crippen LogP contribution in [0.1, 0.15) is 67.7 Å². The molecule has 1 aliphatic rings. The summed E-state index contributed by atoms with van der Waals surface area (Å²) in [5, 5.41) is 5.38. The molecule has 172 valence electrons. The molecule has 1 heterocycles. The SMILES string of the molecule is CC(C)C[C@H](NC(=O)[C@H](NC(=O)OC(C)(C)C)C(C)C)C(=O)N1CCC[C@H]1C(N)=O. The van der Waals surface area contributed by atoms with Crippen molar-refractivity contribution in [1.29, 1.82) is 0 Å². The van der Waals surface area contributed by atoms with Crippen LogP contribution in [0.15, 0.2) is 0 Å². The maximum atomic E-state index is 13.1. The molecule has 1 fully saturated rings. The van der Waals surface area contributed by atoms with Gasteiger partial charge >= 0.3 is 6.09 Å². The number of ether oxygens (including phenoxy) is 1. The second-order valence-electron chi connectivity index (χ2n) is 9.65. The van der Waals surface area contributed by atoms with E-state index in [0.29, 0.717) is 25.8 Å². The van der Waals surface area contributed by atoms with Crippen molar-refractivity contribution in [3.8, 4) is 0 Å². The minimum absolute atomic E-state index is 0.130. The summed E-state index contributed by atoms with van der Waals surface area (Å²) in [6, 6.07) is -2.32. The van der Waals surface area contributed by atoms with Crippen LogP contribution in [-0.4, -0.2) is 59.0 Å². The molecule has 0 aliphatic carbocycles. The van der Waals surface area contributed by atoms with Crippen molar-refractivity contribution < 1.29 is 23.9 Å². The number of rotatable bonds is 8. The van der Waals surface area contributed by atoms with Gasteiger partial charge in [0.15, 0.2) is 0 Å². The molecule has 0 aromatic heterocycles. The van der Waals surface area contributed by atoms with Crippen molar-refractivity contribution in [2.24, 2.45) is 17.6 Å². The van der Waals surface area contributed by atoms with Crippen LogP contribution in [0, 0.1) is 11.8 Å². The standard InChI is InChI=1S/C21H38N4O5/c1-12(2)11-14(19(28)25-10-8-9-15(25)17(22)26)23-18(27)16(13(3)4)24-20(29)30-21(5,6)7/h12-16H,8-11H2,1-7H3,(H2,22,26)(H,23,27)(H,24,29)/t14-,15-,16+/m0/s1. The Morgan fingerprint density at radius 1 is 1.10 bits per heavy atom. The van der Waals surface area contributed by atoms with Gasteiger partial charge in [0, 0.05) is 6.54 Å². The van der Waals surface area contributed by atoms with E-state index in [1.165, 1.54) is 4.90 Å². The zero-order valence-corrected chi connectivity index (χ0v) is 19.3. The van der Waals surface area contributed by atoms with Gasteiger partial charge in [-0.1, -0.05) is 27.7 Å². The van der Waals surface area contributed by atoms with Gasteiger partial charge in [0.2, 0.25) is 17.7 Å². The molecule has 4 amide bonds. The molecule has 1 rings (SSSR count). The summed E-state index contributed by atoms with van der Waals surface area (Å²) >= 11 is 0. The van der Waals surface area contributed by atoms with E-state index in [4.69, 9.17) is 10.5 Å². The van der Waals surface area contributed by atoms with Gasteiger partial charge < -0.3 is 26.0 Å². The fraction of sp³-hybridized carbons (Fsp3) is 0.810. The first-order valence-electron chi connectivity index (χ1n) is 10.6. The van der Waals surface area contributed by atoms with Gasteiger partial charge in [-0.15, -0.1) is 0 Å². The molecule has 3 atom stereocenters. The Labute approximate surface area is 179 Å². The van der Waals surface area contributed by atoms with E-state index in [-0.39, 0.29) is 17.7 Å². The number of hydrogen-bond acceptors (Lipinski definition) is 5. The highest BCUT2D eigenvalue weighted by Crippen LogP contribution is 2.20. The van der Waals surface area contributed by atoms with Crippen LogP contribution in [-0.2, 0) is 19.1 Å². The molecule has 0 bridgehead atoms. The van der Waals surface area contributed by atoms with Gasteiger partial charge in [-0.2, -0.15) is 0 Å². The Morgan fingerprint density at radius 2 is 1.70 bits per heavy atom. The normalized spacial score (nSPS) is 18.8. The minimum Gasteiger partial charge on any atom is -0.444 e. The van der Waals surface area contributed by atoms with E-state index < -0.39 is 41.6 Å². The lowest BCUT2D eigenvalue weighted by molar-refractivity contribution is -0.141. The highest BCUT2D eigenvalue weighted by atomic mass is 16.6. The number of alkyl carbamates (subject to hydrolysis) is 1. The summed E-state index contributed by atoms with van der Waals surface area (Å²) in [5.74, 6) is -1.42. The lowest BCUT2D eigenvalue weighted by atomic mass is 9.99. The zero-order chi connectivity index (χ0) is 23.2. The molecule has 0 unspecified atom stereocenters. The largest absolute Gasteiger partial charge is 0.444 e. The summed E-state index contributed by atoms with van der Waals surface area (Å²) in [7, 11) is 0. The first-order chi connectivity index (χ1) is 13.7. The fourth-order valence-corrected chi connectivity index (χ4v) is 3.45. The van der Waals surface area contributed by atoms with Crippen molar-refractivity contribution in [3.63, 3.8) is 0 Å². The van der Waals surface area contributed by atoms with Crippen LogP contribution in [0.5, 0.6) is 0 Å². The van der Waals surface area contributed by atoms with Gasteiger partial charge in [0.25, 0.3) is 0 Å². The third-order valence-corrected chi connectivity index (χ3v) is 4.81. The number of amides is 4. The monoisotopic (exact) mass is 426 g/mol. The minimum atomic E-state index is -0.868. The Balaban J connectivity index is 2.95. The highest BCUT2D eigenvalue weighted by Gasteiger charge is 2.38. The molecule has 4 N–H and O–H groups in total. The number of likely N-dealkylation sites (tertiary alicyclic amines) is 1. The van der Waals surface area contributed by atoms with Crippen LogP contribution < -0.4 is 16.4 Å². The van der Waals surface area contributed by atoms with E-state index in [9.17, 15) is 19.2 Å². The van der Waals surface area contributed by atoms with Gasteiger partial charge in [-0.3, -0.25) is 14.4 Å². The van der Waals surface area contributed by atoms with E-state index in [1.54, 1.807) is 34.6 Å². The quantitative estimate of drug-likeness (QED) is 0.542. The Kier molecular flexibility index (Phi) is 9.11. The third kappa shape index (κ3) is 7.84. The van der Waals surface area contributed by atoms with E-state index in [0.717, 1.165) is 0 Å². The molecule has 0 aromatic rings. The number of carbonyl (C=O) groups is 4. The summed E-state index contributed by atoms with van der Waals surface area (Å²) in [4.78, 5) is 51.4. The Morgan fingerprint density at radius 3 is 2.17 bits per heavy atom. The predicted molar refractivity (Wildman–Crippen MR) is 113 cm³/mol. The lowest BCUT2D eigenvalue weighted by Crippen LogP contribution is -2.57. The highest BCUT2D eigenvalue weighted by molar-refractivity contribution is 5.94. The average Bonchev–Trinajstić information content (AvgIpc) is 3.06. The second-order valence-corrected chi connectivity index (χ2v) is 9.65. The topological polar surface area (TPSA) is 131 Å². The van der Waals surface area contributed by atoms with Crippen LogP contribution >= 0.6 is 0 Å². The molecule has 9 heteroatoms. The number of nitrogens with one attached hydrogen (secondary N) is 2. The summed E-state index contributed by atoms with van der Waals surface area (Å²) in [5.41, 5.74) is 4.74. The van der Waals surface area contributed by atoms with Gasteiger partial charge in [-0.25, -0.2) is 4.79 Å². The molecular weight excluding hydrogens is 388 g/mol. The lowest BCUT2D eigenvalue weighted by Gasteiger charge is -2.31. The summed E-state index contributed by atoms with van der Waals surface area (Å²) in [6.07, 6.45) is 0.926. The van der Waals surface area contributed by atoms with Gasteiger partial charge in [-0.05, 0) is 51.9 Å². The average molecular weight is 427 g/mol. The summed E-state index contributed by atoms with van der Waals surface area (Å²) < 4.78 is 5.25. The number of carbonyl (C=O) groups excluding carboxylic acids is 4. The van der Waals surface area contributed by atoms with Crippen molar-refractivity contribution in [1.82, 2.24) is 15.5 Å². The second kappa shape index (κ2) is 10.6. The fourth-order valence-electron chi connectivity index (χ4n) is 3.45. The molecule has 30 heavy (non-hydrogen) atoms. The van der Waals surface area contributed by atoms with Crippen LogP contribution in [0.2, 0.25) is 0 Å². The molecule has 1 aliphatic heterocycles. The predicted octanol–water partition coefficient (Wildman–Crippen LogP) is 1.54. The van der Waals surface area contributed by atoms with E-state index in [2.05, 4.69) is 10.6 Å². The maximum absolute atomic E-state index is 13.1. The smallest absolute Gasteiger partial charge is 0.408 e. The number of primary amides is 1. The van der Waals surface area contributed by atoms with Crippen molar-refractivity contribution in [2.75, 3.05) is 6.54 Å². The third-order valence-electron chi connectivity index (χ3n) is 4.81. The van der Waals surface area contributed by atoms with Crippen molar-refractivity contribution >= 4 is 23.8 Å². The van der Waals surface area contributed by atoms with Crippen molar-refractivity contribution in [2.45, 2.75) is 91.5 Å². The van der Waals surface area contributed by atoms with Gasteiger partial charge in [0.05, 0.1) is 0 Å². The molecular formula is C21H38N4O5.